The summed E-state index contributed by atoms with van der Waals surface area (Å²) in [5.74, 6) is -0.698. The molecule has 1 saturated carbocycles. The molecular formula is C13H25NO2. The van der Waals surface area contributed by atoms with Crippen molar-refractivity contribution < 1.29 is 9.90 Å². The van der Waals surface area contributed by atoms with Crippen LogP contribution in [0.2, 0.25) is 0 Å². The summed E-state index contributed by atoms with van der Waals surface area (Å²) in [5, 5.41) is 12.5. The van der Waals surface area contributed by atoms with E-state index in [1.54, 1.807) is 0 Å². The fourth-order valence-electron chi connectivity index (χ4n) is 2.56. The number of unbranched alkanes of at least 4 members (excludes halogenated alkanes) is 1. The van der Waals surface area contributed by atoms with Gasteiger partial charge in [-0.05, 0) is 24.7 Å². The van der Waals surface area contributed by atoms with Crippen LogP contribution in [0.3, 0.4) is 0 Å². The van der Waals surface area contributed by atoms with Crippen LogP contribution in [0, 0.1) is 5.41 Å². The average Bonchev–Trinajstić information content (AvgIpc) is 2.52. The molecule has 0 spiro atoms. The minimum absolute atomic E-state index is 0.250. The number of rotatable bonds is 6. The summed E-state index contributed by atoms with van der Waals surface area (Å²) in [4.78, 5) is 11.1. The number of aliphatic carboxylic acids is 1. The van der Waals surface area contributed by atoms with E-state index in [9.17, 15) is 4.79 Å². The molecule has 1 rings (SSSR count). The first-order valence-corrected chi connectivity index (χ1v) is 6.46. The zero-order valence-corrected chi connectivity index (χ0v) is 10.8. The maximum Gasteiger partial charge on any atom is 0.320 e. The van der Waals surface area contributed by atoms with Gasteiger partial charge in [-0.3, -0.25) is 4.79 Å². The molecule has 2 atom stereocenters. The maximum absolute atomic E-state index is 11.1. The Morgan fingerprint density at radius 3 is 2.69 bits per heavy atom. The van der Waals surface area contributed by atoms with Crippen LogP contribution < -0.4 is 5.32 Å². The zero-order chi connectivity index (χ0) is 12.2. The lowest BCUT2D eigenvalue weighted by atomic mass is 9.87. The molecule has 0 aromatic carbocycles. The van der Waals surface area contributed by atoms with Crippen LogP contribution in [0.15, 0.2) is 0 Å². The molecule has 1 aliphatic carbocycles. The average molecular weight is 227 g/mol. The van der Waals surface area contributed by atoms with Crippen molar-refractivity contribution in [3.05, 3.63) is 0 Å². The van der Waals surface area contributed by atoms with Crippen molar-refractivity contribution in [1.82, 2.24) is 5.32 Å². The molecule has 2 N–H and O–H groups in total. The van der Waals surface area contributed by atoms with E-state index in [-0.39, 0.29) is 11.5 Å². The van der Waals surface area contributed by atoms with Gasteiger partial charge in [0, 0.05) is 6.04 Å². The largest absolute Gasteiger partial charge is 0.480 e. The Labute approximate surface area is 98.6 Å². The van der Waals surface area contributed by atoms with Crippen LogP contribution in [0.4, 0.5) is 0 Å². The molecule has 2 unspecified atom stereocenters. The minimum atomic E-state index is -0.698. The second-order valence-corrected chi connectivity index (χ2v) is 5.63. The standard InChI is InChI=1S/C13H25NO2/c1-4-5-7-10(12(15)16)14-11-8-6-9-13(11,2)3/h10-11,14H,4-9H2,1-3H3,(H,15,16). The summed E-state index contributed by atoms with van der Waals surface area (Å²) in [7, 11) is 0. The number of hydrogen-bond acceptors (Lipinski definition) is 2. The highest BCUT2D eigenvalue weighted by Crippen LogP contribution is 2.37. The van der Waals surface area contributed by atoms with Crippen LogP contribution in [-0.4, -0.2) is 23.2 Å². The van der Waals surface area contributed by atoms with Crippen molar-refractivity contribution in [2.45, 2.75) is 71.4 Å². The van der Waals surface area contributed by atoms with Crippen LogP contribution in [0.5, 0.6) is 0 Å². The van der Waals surface area contributed by atoms with Gasteiger partial charge in [0.1, 0.15) is 6.04 Å². The molecular weight excluding hydrogens is 202 g/mol. The molecule has 0 saturated heterocycles. The predicted molar refractivity (Wildman–Crippen MR) is 65.5 cm³/mol. The topological polar surface area (TPSA) is 49.3 Å². The van der Waals surface area contributed by atoms with Gasteiger partial charge < -0.3 is 10.4 Å². The second-order valence-electron chi connectivity index (χ2n) is 5.63. The van der Waals surface area contributed by atoms with Gasteiger partial charge in [-0.2, -0.15) is 0 Å². The Morgan fingerprint density at radius 2 is 2.25 bits per heavy atom. The van der Waals surface area contributed by atoms with Crippen molar-refractivity contribution in [3.8, 4) is 0 Å². The molecule has 0 aromatic heterocycles. The van der Waals surface area contributed by atoms with Crippen molar-refractivity contribution >= 4 is 5.97 Å². The first kappa shape index (κ1) is 13.5. The highest BCUT2D eigenvalue weighted by atomic mass is 16.4. The Bertz CT molecular complexity index is 238. The Hall–Kier alpha value is -0.570. The minimum Gasteiger partial charge on any atom is -0.480 e. The van der Waals surface area contributed by atoms with Crippen LogP contribution in [0.1, 0.15) is 59.3 Å². The molecule has 0 aliphatic heterocycles. The molecule has 94 valence electrons. The normalized spacial score (nSPS) is 25.6. The summed E-state index contributed by atoms with van der Waals surface area (Å²) in [6.07, 6.45) is 6.31. The lowest BCUT2D eigenvalue weighted by molar-refractivity contribution is -0.140. The van der Waals surface area contributed by atoms with E-state index in [2.05, 4.69) is 26.1 Å². The van der Waals surface area contributed by atoms with E-state index in [1.807, 2.05) is 0 Å². The van der Waals surface area contributed by atoms with Gasteiger partial charge in [0.15, 0.2) is 0 Å². The fourth-order valence-corrected chi connectivity index (χ4v) is 2.56. The third-order valence-corrected chi connectivity index (χ3v) is 3.80. The van der Waals surface area contributed by atoms with Gasteiger partial charge >= 0.3 is 5.97 Å². The molecule has 3 nitrogen and oxygen atoms in total. The fraction of sp³-hybridized carbons (Fsp3) is 0.923. The summed E-state index contributed by atoms with van der Waals surface area (Å²) in [6.45, 7) is 6.56. The zero-order valence-electron chi connectivity index (χ0n) is 10.8. The third-order valence-electron chi connectivity index (χ3n) is 3.80. The van der Waals surface area contributed by atoms with Crippen LogP contribution in [0.25, 0.3) is 0 Å². The highest BCUT2D eigenvalue weighted by Gasteiger charge is 2.36. The lowest BCUT2D eigenvalue weighted by Crippen LogP contribution is -2.47. The molecule has 0 bridgehead atoms. The van der Waals surface area contributed by atoms with Gasteiger partial charge in [0.2, 0.25) is 0 Å². The van der Waals surface area contributed by atoms with Crippen molar-refractivity contribution in [1.29, 1.82) is 0 Å². The number of carbonyl (C=O) groups is 1. The molecule has 3 heteroatoms. The number of nitrogens with one attached hydrogen (secondary N) is 1. The molecule has 0 aromatic rings. The molecule has 0 heterocycles. The summed E-state index contributed by atoms with van der Waals surface area (Å²) >= 11 is 0. The first-order valence-electron chi connectivity index (χ1n) is 6.46. The second kappa shape index (κ2) is 5.67. The summed E-state index contributed by atoms with van der Waals surface area (Å²) in [6, 6.07) is 0.00720. The van der Waals surface area contributed by atoms with Crippen LogP contribution in [-0.2, 0) is 4.79 Å². The van der Waals surface area contributed by atoms with Gasteiger partial charge in [-0.15, -0.1) is 0 Å². The van der Waals surface area contributed by atoms with E-state index in [0.29, 0.717) is 6.04 Å². The van der Waals surface area contributed by atoms with E-state index in [1.165, 1.54) is 12.8 Å². The van der Waals surface area contributed by atoms with E-state index in [0.717, 1.165) is 25.7 Å². The monoisotopic (exact) mass is 227 g/mol. The predicted octanol–water partition coefficient (Wildman–Crippen LogP) is 2.80. The molecule has 1 fully saturated rings. The molecule has 16 heavy (non-hydrogen) atoms. The Balaban J connectivity index is 2.51. The van der Waals surface area contributed by atoms with Crippen LogP contribution >= 0.6 is 0 Å². The first-order chi connectivity index (χ1) is 7.47. The highest BCUT2D eigenvalue weighted by molar-refractivity contribution is 5.73. The van der Waals surface area contributed by atoms with Gasteiger partial charge in [-0.25, -0.2) is 0 Å². The van der Waals surface area contributed by atoms with Crippen molar-refractivity contribution in [2.75, 3.05) is 0 Å². The summed E-state index contributed by atoms with van der Waals surface area (Å²) < 4.78 is 0. The number of carboxylic acid groups (broad SMARTS) is 1. The van der Waals surface area contributed by atoms with Gasteiger partial charge in [0.25, 0.3) is 0 Å². The lowest BCUT2D eigenvalue weighted by Gasteiger charge is -2.30. The van der Waals surface area contributed by atoms with E-state index < -0.39 is 5.97 Å². The maximum atomic E-state index is 11.1. The molecule has 0 radical (unpaired) electrons. The summed E-state index contributed by atoms with van der Waals surface area (Å²) in [5.41, 5.74) is 0.250. The Morgan fingerprint density at radius 1 is 1.56 bits per heavy atom. The van der Waals surface area contributed by atoms with E-state index >= 15 is 0 Å². The van der Waals surface area contributed by atoms with Gasteiger partial charge in [0.05, 0.1) is 0 Å². The van der Waals surface area contributed by atoms with Gasteiger partial charge in [-0.1, -0.05) is 40.0 Å². The number of hydrogen-bond donors (Lipinski definition) is 2. The van der Waals surface area contributed by atoms with Crippen molar-refractivity contribution in [2.24, 2.45) is 5.41 Å². The third kappa shape index (κ3) is 3.48. The van der Waals surface area contributed by atoms with Crippen molar-refractivity contribution in [3.63, 3.8) is 0 Å². The van der Waals surface area contributed by atoms with E-state index in [4.69, 9.17) is 5.11 Å². The smallest absolute Gasteiger partial charge is 0.320 e. The SMILES string of the molecule is CCCCC(NC1CCCC1(C)C)C(=O)O. The molecule has 1 aliphatic rings. The molecule has 0 amide bonds. The quantitative estimate of drug-likeness (QED) is 0.733. The Kier molecular flexibility index (Phi) is 4.78. The number of carboxylic acids is 1.